The number of nitrogens with zero attached hydrogens (tertiary/aromatic N) is 1. The minimum Gasteiger partial charge on any atom is -0.268 e. The zero-order valence-corrected chi connectivity index (χ0v) is 18.6. The van der Waals surface area contributed by atoms with Gasteiger partial charge >= 0.3 is 0 Å². The van der Waals surface area contributed by atoms with Gasteiger partial charge in [0.15, 0.2) is 0 Å². The Bertz CT molecular complexity index is 1090. The Balaban J connectivity index is 2.17. The Labute approximate surface area is 179 Å². The van der Waals surface area contributed by atoms with Crippen LogP contribution in [0.25, 0.3) is 0 Å². The molecule has 0 aliphatic rings. The van der Waals surface area contributed by atoms with Crippen molar-refractivity contribution in [3.05, 3.63) is 93.1 Å². The molecule has 0 saturated carbocycles. The number of sulfonamides is 1. The third-order valence-electron chi connectivity index (χ3n) is 4.43. The van der Waals surface area contributed by atoms with Gasteiger partial charge in [0.2, 0.25) is 0 Å². The van der Waals surface area contributed by atoms with E-state index in [0.717, 1.165) is 21.9 Å². The molecule has 3 rings (SSSR count). The molecule has 3 aromatic carbocycles. The van der Waals surface area contributed by atoms with Crippen LogP contribution in [0.2, 0.25) is 0 Å². The van der Waals surface area contributed by atoms with Crippen molar-refractivity contribution in [1.82, 2.24) is 0 Å². The number of hydrogen-bond acceptors (Lipinski definition) is 3. The van der Waals surface area contributed by atoms with E-state index in [-0.39, 0.29) is 4.90 Å². The maximum Gasteiger partial charge on any atom is 0.273 e. The second kappa shape index (κ2) is 8.45. The predicted molar refractivity (Wildman–Crippen MR) is 120 cm³/mol. The van der Waals surface area contributed by atoms with Crippen LogP contribution in [0, 0.1) is 10.5 Å². The number of halogens is 1. The Morgan fingerprint density at radius 1 is 0.929 bits per heavy atom. The first-order valence-electron chi connectivity index (χ1n) is 8.84. The van der Waals surface area contributed by atoms with Gasteiger partial charge < -0.3 is 0 Å². The molecule has 0 N–H and O–H groups in total. The van der Waals surface area contributed by atoms with Crippen molar-refractivity contribution < 1.29 is 13.2 Å². The Kier molecular flexibility index (Phi) is 6.20. The fourth-order valence-corrected chi connectivity index (χ4v) is 4.82. The maximum absolute atomic E-state index is 13.4. The first-order chi connectivity index (χ1) is 13.3. The summed E-state index contributed by atoms with van der Waals surface area (Å²) in [5.74, 6) is -0.574. The van der Waals surface area contributed by atoms with Crippen molar-refractivity contribution in [2.45, 2.75) is 25.2 Å². The molecule has 0 fully saturated rings. The zero-order valence-electron chi connectivity index (χ0n) is 15.6. The highest BCUT2D eigenvalue weighted by atomic mass is 127. The largest absolute Gasteiger partial charge is 0.273 e. The van der Waals surface area contributed by atoms with E-state index in [1.807, 2.05) is 54.6 Å². The van der Waals surface area contributed by atoms with E-state index in [1.54, 1.807) is 42.5 Å². The number of hydrogen-bond donors (Lipinski definition) is 0. The molecule has 0 bridgehead atoms. The van der Waals surface area contributed by atoms with Crippen LogP contribution >= 0.6 is 22.6 Å². The van der Waals surface area contributed by atoms with Crippen LogP contribution in [0.1, 0.15) is 28.4 Å². The summed E-state index contributed by atoms with van der Waals surface area (Å²) in [6.07, 6.45) is 0.829. The normalized spacial score (nSPS) is 11.2. The Hall–Kier alpha value is -2.19. The third kappa shape index (κ3) is 4.12. The highest BCUT2D eigenvalue weighted by molar-refractivity contribution is 14.1. The van der Waals surface area contributed by atoms with Gasteiger partial charge in [-0.2, -0.15) is 4.31 Å². The topological polar surface area (TPSA) is 54.5 Å². The highest BCUT2D eigenvalue weighted by Gasteiger charge is 2.32. The summed E-state index contributed by atoms with van der Waals surface area (Å²) in [4.78, 5) is 13.4. The van der Waals surface area contributed by atoms with Crippen LogP contribution in [-0.4, -0.2) is 14.3 Å². The number of carbonyl (C=O) groups excluding carboxylic acids is 1. The van der Waals surface area contributed by atoms with Crippen molar-refractivity contribution in [3.8, 4) is 0 Å². The zero-order chi connectivity index (χ0) is 20.3. The molecular formula is C22H20INO3S. The molecule has 1 amide bonds. The molecule has 28 heavy (non-hydrogen) atoms. The molecule has 0 heterocycles. The smallest absolute Gasteiger partial charge is 0.268 e. The molecule has 0 atom stereocenters. The number of anilines is 1. The molecule has 0 aromatic heterocycles. The average molecular weight is 505 g/mol. The summed E-state index contributed by atoms with van der Waals surface area (Å²) >= 11 is 2.04. The second-order valence-corrected chi connectivity index (χ2v) is 9.34. The fourth-order valence-electron chi connectivity index (χ4n) is 2.79. The van der Waals surface area contributed by atoms with E-state index in [9.17, 15) is 13.2 Å². The second-order valence-electron chi connectivity index (χ2n) is 6.39. The fraction of sp³-hybridized carbons (Fsp3) is 0.136. The molecular weight excluding hydrogens is 485 g/mol. The van der Waals surface area contributed by atoms with Gasteiger partial charge in [-0.15, -0.1) is 0 Å². The number of rotatable bonds is 5. The van der Waals surface area contributed by atoms with E-state index in [4.69, 9.17) is 0 Å². The predicted octanol–water partition coefficient (Wildman–Crippen LogP) is 5.20. The van der Waals surface area contributed by atoms with Crippen molar-refractivity contribution in [3.63, 3.8) is 0 Å². The van der Waals surface area contributed by atoms with E-state index >= 15 is 0 Å². The van der Waals surface area contributed by atoms with E-state index in [1.165, 1.54) is 12.1 Å². The molecule has 0 aliphatic heterocycles. The summed E-state index contributed by atoms with van der Waals surface area (Å²) in [6.45, 7) is 3.91. The summed E-state index contributed by atoms with van der Waals surface area (Å²) in [5, 5.41) is 0. The van der Waals surface area contributed by atoms with Crippen LogP contribution in [0.3, 0.4) is 0 Å². The molecule has 4 nitrogen and oxygen atoms in total. The molecule has 3 aromatic rings. The van der Waals surface area contributed by atoms with Crippen molar-refractivity contribution in [1.29, 1.82) is 0 Å². The number of benzene rings is 3. The van der Waals surface area contributed by atoms with Crippen LogP contribution in [0.4, 0.5) is 5.69 Å². The monoisotopic (exact) mass is 505 g/mol. The Morgan fingerprint density at radius 3 is 2.11 bits per heavy atom. The first-order valence-corrected chi connectivity index (χ1v) is 11.4. The van der Waals surface area contributed by atoms with Crippen LogP contribution in [0.15, 0.2) is 77.7 Å². The minimum absolute atomic E-state index is 0.0805. The van der Waals surface area contributed by atoms with Gasteiger partial charge in [0.05, 0.1) is 16.1 Å². The van der Waals surface area contributed by atoms with Crippen LogP contribution in [-0.2, 0) is 16.4 Å². The highest BCUT2D eigenvalue weighted by Crippen LogP contribution is 2.28. The molecule has 144 valence electrons. The quantitative estimate of drug-likeness (QED) is 0.448. The molecule has 0 unspecified atom stereocenters. The summed E-state index contributed by atoms with van der Waals surface area (Å²) in [5.41, 5.74) is 2.68. The minimum atomic E-state index is -4.07. The number of amides is 1. The number of aryl methyl sites for hydroxylation is 2. The molecule has 0 saturated heterocycles. The van der Waals surface area contributed by atoms with Gasteiger partial charge in [-0.25, -0.2) is 8.42 Å². The Morgan fingerprint density at radius 2 is 1.54 bits per heavy atom. The molecule has 0 spiro atoms. The SMILES string of the molecule is CCc1ccc(N(C(=O)c2ccccc2I)S(=O)(=O)c2ccc(C)cc2)cc1. The van der Waals surface area contributed by atoms with Gasteiger partial charge in [-0.1, -0.05) is 48.9 Å². The van der Waals surface area contributed by atoms with Gasteiger partial charge in [-0.3, -0.25) is 4.79 Å². The van der Waals surface area contributed by atoms with Gasteiger partial charge in [0, 0.05) is 3.57 Å². The van der Waals surface area contributed by atoms with Gasteiger partial charge in [-0.05, 0) is 77.9 Å². The summed E-state index contributed by atoms with van der Waals surface area (Å²) in [7, 11) is -4.07. The lowest BCUT2D eigenvalue weighted by atomic mass is 10.1. The van der Waals surface area contributed by atoms with E-state index in [0.29, 0.717) is 14.8 Å². The van der Waals surface area contributed by atoms with Crippen molar-refractivity contribution in [2.75, 3.05) is 4.31 Å². The standard InChI is InChI=1S/C22H20INO3S/c1-3-17-10-12-18(13-11-17)24(22(25)20-6-4-5-7-21(20)23)28(26,27)19-14-8-16(2)9-15-19/h4-15H,3H2,1-2H3. The maximum atomic E-state index is 13.4. The van der Waals surface area contributed by atoms with Gasteiger partial charge in [0.1, 0.15) is 0 Å². The van der Waals surface area contributed by atoms with E-state index in [2.05, 4.69) is 0 Å². The summed E-state index contributed by atoms with van der Waals surface area (Å²) < 4.78 is 28.4. The summed E-state index contributed by atoms with van der Waals surface area (Å²) in [6, 6.07) is 20.5. The van der Waals surface area contributed by atoms with Crippen LogP contribution in [0.5, 0.6) is 0 Å². The lowest BCUT2D eigenvalue weighted by Crippen LogP contribution is -2.37. The van der Waals surface area contributed by atoms with Crippen molar-refractivity contribution in [2.24, 2.45) is 0 Å². The third-order valence-corrected chi connectivity index (χ3v) is 7.09. The van der Waals surface area contributed by atoms with Crippen molar-refractivity contribution >= 4 is 44.2 Å². The molecule has 0 aliphatic carbocycles. The van der Waals surface area contributed by atoms with Crippen LogP contribution < -0.4 is 4.31 Å². The molecule has 0 radical (unpaired) electrons. The van der Waals surface area contributed by atoms with E-state index < -0.39 is 15.9 Å². The number of carbonyl (C=O) groups is 1. The average Bonchev–Trinajstić information content (AvgIpc) is 2.69. The first kappa shape index (κ1) is 20.5. The van der Waals surface area contributed by atoms with Gasteiger partial charge in [0.25, 0.3) is 15.9 Å². The lowest BCUT2D eigenvalue weighted by Gasteiger charge is -2.23. The molecule has 6 heteroatoms. The lowest BCUT2D eigenvalue weighted by molar-refractivity contribution is 0.100.